The minimum atomic E-state index is -1.54. The number of nitriles is 1. The average molecular weight is 622 g/mol. The van der Waals surface area contributed by atoms with E-state index >= 15 is 0 Å². The van der Waals surface area contributed by atoms with Crippen molar-refractivity contribution in [3.05, 3.63) is 111 Å². The van der Waals surface area contributed by atoms with E-state index in [1.165, 1.54) is 12.0 Å². The fraction of sp³-hybridized carbons (Fsp3) is 0.138. The zero-order valence-corrected chi connectivity index (χ0v) is 23.2. The Balaban J connectivity index is 1.92. The topological polar surface area (TPSA) is 79.6 Å². The summed E-state index contributed by atoms with van der Waals surface area (Å²) in [7, 11) is 2.83. The number of hydrogen-bond acceptors (Lipinski definition) is 5. The Bertz CT molecular complexity index is 1460. The minimum absolute atomic E-state index is 0.121. The van der Waals surface area contributed by atoms with Gasteiger partial charge in [-0.15, -0.1) is 0 Å². The van der Waals surface area contributed by atoms with Crippen LogP contribution < -0.4 is 4.74 Å². The summed E-state index contributed by atoms with van der Waals surface area (Å²) in [6.45, 7) is 0. The summed E-state index contributed by atoms with van der Waals surface area (Å²) < 4.78 is 12.0. The molecule has 4 rings (SSSR count). The van der Waals surface area contributed by atoms with Crippen LogP contribution in [0.1, 0.15) is 33.5 Å². The molecule has 1 unspecified atom stereocenters. The molecule has 1 aliphatic heterocycles. The maximum absolute atomic E-state index is 13.9. The molecule has 0 saturated carbocycles. The first kappa shape index (κ1) is 26.4. The van der Waals surface area contributed by atoms with Crippen molar-refractivity contribution in [1.82, 2.24) is 4.90 Å². The van der Waals surface area contributed by atoms with Gasteiger partial charge in [0, 0.05) is 43.8 Å². The average Bonchev–Trinajstić information content (AvgIpc) is 2.93. The molecule has 8 heteroatoms. The second kappa shape index (κ2) is 11.2. The second-order valence-corrected chi connectivity index (χ2v) is 10.0. The van der Waals surface area contributed by atoms with Crippen LogP contribution in [0.5, 0.6) is 5.75 Å². The van der Waals surface area contributed by atoms with Gasteiger partial charge in [0.25, 0.3) is 5.91 Å². The Kier molecular flexibility index (Phi) is 7.96. The van der Waals surface area contributed by atoms with Gasteiger partial charge in [-0.3, -0.25) is 9.69 Å². The number of carbonyl (C=O) groups excluding carboxylic acids is 2. The highest BCUT2D eigenvalue weighted by Crippen LogP contribution is 2.46. The fourth-order valence-corrected chi connectivity index (χ4v) is 5.15. The standard InChI is InChI=1S/C29H22Br2N2O4/c1-36-26-10-6-3-7-20(26)15-21(28(35)37-2)16-29(18-32)24-9-5-4-8-23(24)25(31)17-33(29)27(34)19-11-13-22(30)14-12-19/h3-15,17H,16H2,1-2H3/b21-15+. The van der Waals surface area contributed by atoms with Crippen LogP contribution in [0.25, 0.3) is 10.6 Å². The molecule has 0 aromatic heterocycles. The van der Waals surface area contributed by atoms with E-state index < -0.39 is 11.5 Å². The number of nitrogens with zero attached hydrogens (tertiary/aromatic N) is 2. The highest BCUT2D eigenvalue weighted by Gasteiger charge is 2.47. The fourth-order valence-electron chi connectivity index (χ4n) is 4.33. The summed E-state index contributed by atoms with van der Waals surface area (Å²) in [6, 6.07) is 23.8. The Hall–Kier alpha value is -3.67. The molecule has 6 nitrogen and oxygen atoms in total. The number of hydrogen-bond donors (Lipinski definition) is 0. The van der Waals surface area contributed by atoms with Crippen LogP contribution in [0.2, 0.25) is 0 Å². The molecule has 0 bridgehead atoms. The summed E-state index contributed by atoms with van der Waals surface area (Å²) in [5, 5.41) is 10.8. The van der Waals surface area contributed by atoms with Crippen molar-refractivity contribution >= 4 is 54.3 Å². The van der Waals surface area contributed by atoms with E-state index in [1.54, 1.807) is 67.9 Å². The molecule has 37 heavy (non-hydrogen) atoms. The Labute approximate surface area is 232 Å². The van der Waals surface area contributed by atoms with Gasteiger partial charge in [0.1, 0.15) is 5.75 Å². The van der Waals surface area contributed by atoms with E-state index in [4.69, 9.17) is 9.47 Å². The molecule has 186 valence electrons. The van der Waals surface area contributed by atoms with Gasteiger partial charge >= 0.3 is 5.97 Å². The highest BCUT2D eigenvalue weighted by molar-refractivity contribution is 9.15. The molecule has 0 aliphatic carbocycles. The Morgan fingerprint density at radius 3 is 2.35 bits per heavy atom. The molecule has 1 atom stereocenters. The lowest BCUT2D eigenvalue weighted by atomic mass is 9.78. The Morgan fingerprint density at radius 2 is 1.68 bits per heavy atom. The van der Waals surface area contributed by atoms with Gasteiger partial charge in [0.2, 0.25) is 0 Å². The van der Waals surface area contributed by atoms with Gasteiger partial charge < -0.3 is 9.47 Å². The smallest absolute Gasteiger partial charge is 0.333 e. The summed E-state index contributed by atoms with van der Waals surface area (Å²) in [5.41, 5.74) is 1.05. The number of amides is 1. The number of carbonyl (C=O) groups is 2. The monoisotopic (exact) mass is 620 g/mol. The number of rotatable bonds is 6. The van der Waals surface area contributed by atoms with Crippen LogP contribution in [0.15, 0.2) is 89.0 Å². The van der Waals surface area contributed by atoms with E-state index in [9.17, 15) is 14.9 Å². The molecule has 1 heterocycles. The third kappa shape index (κ3) is 5.10. The van der Waals surface area contributed by atoms with E-state index in [0.717, 1.165) is 10.0 Å². The summed E-state index contributed by atoms with van der Waals surface area (Å²) in [5.74, 6) is -0.436. The van der Waals surface area contributed by atoms with Crippen molar-refractivity contribution in [2.24, 2.45) is 0 Å². The lowest BCUT2D eigenvalue weighted by molar-refractivity contribution is -0.136. The predicted molar refractivity (Wildman–Crippen MR) is 149 cm³/mol. The number of methoxy groups -OCH3 is 2. The molecule has 1 aliphatic rings. The van der Waals surface area contributed by atoms with E-state index in [-0.39, 0.29) is 17.9 Å². The third-order valence-electron chi connectivity index (χ3n) is 6.14. The first-order valence-electron chi connectivity index (χ1n) is 11.2. The zero-order chi connectivity index (χ0) is 26.6. The van der Waals surface area contributed by atoms with Crippen LogP contribution in [-0.4, -0.2) is 31.0 Å². The van der Waals surface area contributed by atoms with Gasteiger partial charge in [-0.05, 0) is 57.9 Å². The molecule has 0 spiro atoms. The summed E-state index contributed by atoms with van der Waals surface area (Å²) in [4.78, 5) is 28.3. The summed E-state index contributed by atoms with van der Waals surface area (Å²) >= 11 is 6.96. The van der Waals surface area contributed by atoms with E-state index in [2.05, 4.69) is 37.9 Å². The van der Waals surface area contributed by atoms with Crippen molar-refractivity contribution in [2.45, 2.75) is 12.0 Å². The molecule has 3 aromatic rings. The van der Waals surface area contributed by atoms with Crippen LogP contribution in [0.4, 0.5) is 0 Å². The van der Waals surface area contributed by atoms with Crippen LogP contribution in [-0.2, 0) is 15.1 Å². The maximum atomic E-state index is 13.9. The van der Waals surface area contributed by atoms with Gasteiger partial charge in [-0.1, -0.05) is 58.4 Å². The molecule has 0 saturated heterocycles. The third-order valence-corrected chi connectivity index (χ3v) is 7.30. The van der Waals surface area contributed by atoms with Crippen LogP contribution in [0.3, 0.4) is 0 Å². The number of benzene rings is 3. The number of ether oxygens (including phenoxy) is 2. The molecule has 0 fully saturated rings. The lowest BCUT2D eigenvalue weighted by Gasteiger charge is -2.41. The van der Waals surface area contributed by atoms with Gasteiger partial charge in [0.05, 0.1) is 20.3 Å². The van der Waals surface area contributed by atoms with Crippen molar-refractivity contribution < 1.29 is 19.1 Å². The van der Waals surface area contributed by atoms with E-state index in [1.807, 2.05) is 24.3 Å². The molecule has 0 N–H and O–H groups in total. The number of fused-ring (bicyclic) bond motifs is 1. The van der Waals surface area contributed by atoms with Crippen LogP contribution in [0, 0.1) is 11.3 Å². The largest absolute Gasteiger partial charge is 0.496 e. The van der Waals surface area contributed by atoms with E-state index in [0.29, 0.717) is 26.9 Å². The maximum Gasteiger partial charge on any atom is 0.333 e. The van der Waals surface area contributed by atoms with Crippen molar-refractivity contribution in [2.75, 3.05) is 14.2 Å². The molecule has 0 radical (unpaired) electrons. The lowest BCUT2D eigenvalue weighted by Crippen LogP contribution is -2.48. The first-order chi connectivity index (χ1) is 17.8. The molecular formula is C29H22Br2N2O4. The van der Waals surface area contributed by atoms with Crippen LogP contribution >= 0.6 is 31.9 Å². The zero-order valence-electron chi connectivity index (χ0n) is 20.1. The number of para-hydroxylation sites is 1. The van der Waals surface area contributed by atoms with Crippen molar-refractivity contribution in [3.63, 3.8) is 0 Å². The second-order valence-electron chi connectivity index (χ2n) is 8.26. The SMILES string of the molecule is COC(=O)/C(=C/c1ccccc1OC)CC1(C#N)c2ccccc2C(Br)=CN1C(=O)c1ccc(Br)cc1. The minimum Gasteiger partial charge on any atom is -0.496 e. The predicted octanol–water partition coefficient (Wildman–Crippen LogP) is 6.67. The Morgan fingerprint density at radius 1 is 1.00 bits per heavy atom. The number of esters is 1. The van der Waals surface area contributed by atoms with Crippen molar-refractivity contribution in [3.8, 4) is 11.8 Å². The molecule has 3 aromatic carbocycles. The summed E-state index contributed by atoms with van der Waals surface area (Å²) in [6.07, 6.45) is 3.13. The molecule has 1 amide bonds. The van der Waals surface area contributed by atoms with Crippen molar-refractivity contribution in [1.29, 1.82) is 5.26 Å². The number of halogens is 2. The first-order valence-corrected chi connectivity index (χ1v) is 12.8. The normalized spacial score (nSPS) is 16.8. The van der Waals surface area contributed by atoms with Gasteiger partial charge in [-0.25, -0.2) is 4.79 Å². The van der Waals surface area contributed by atoms with Gasteiger partial charge in [-0.2, -0.15) is 5.26 Å². The van der Waals surface area contributed by atoms with Gasteiger partial charge in [0.15, 0.2) is 5.54 Å². The quantitative estimate of drug-likeness (QED) is 0.227. The molecular weight excluding hydrogens is 600 g/mol. The highest BCUT2D eigenvalue weighted by atomic mass is 79.9.